The molecule has 0 fully saturated rings. The largest absolute Gasteiger partial charge is 0.493 e. The number of nitro benzene ring substituents is 1. The van der Waals surface area contributed by atoms with Crippen molar-refractivity contribution in [1.29, 1.82) is 0 Å². The lowest BCUT2D eigenvalue weighted by Gasteiger charge is -2.08. The molecule has 0 aliphatic carbocycles. The van der Waals surface area contributed by atoms with Crippen molar-refractivity contribution >= 4 is 33.5 Å². The van der Waals surface area contributed by atoms with Crippen molar-refractivity contribution in [2.45, 2.75) is 0 Å². The fraction of sp³-hybridized carbons (Fsp3) is 0.176. The van der Waals surface area contributed by atoms with E-state index in [0.717, 1.165) is 10.2 Å². The van der Waals surface area contributed by atoms with Gasteiger partial charge in [-0.3, -0.25) is 10.1 Å². The van der Waals surface area contributed by atoms with Gasteiger partial charge >= 0.3 is 0 Å². The van der Waals surface area contributed by atoms with E-state index in [2.05, 4.69) is 10.2 Å². The number of ether oxygens (including phenoxy) is 2. The summed E-state index contributed by atoms with van der Waals surface area (Å²) in [5.41, 5.74) is 1.19. The number of rotatable bonds is 5. The molecule has 8 nitrogen and oxygen atoms in total. The van der Waals surface area contributed by atoms with E-state index < -0.39 is 4.92 Å². The molecule has 0 N–H and O–H groups in total. The Morgan fingerprint density at radius 1 is 1.19 bits per heavy atom. The lowest BCUT2D eigenvalue weighted by atomic mass is 10.1. The van der Waals surface area contributed by atoms with Crippen LogP contribution in [0.4, 0.5) is 5.69 Å². The predicted molar refractivity (Wildman–Crippen MR) is 100 cm³/mol. The maximum atomic E-state index is 11.3. The van der Waals surface area contributed by atoms with Crippen molar-refractivity contribution in [3.8, 4) is 11.5 Å². The second-order valence-corrected chi connectivity index (χ2v) is 6.29. The van der Waals surface area contributed by atoms with Gasteiger partial charge in [-0.15, -0.1) is 5.10 Å². The molecule has 0 amide bonds. The standard InChI is InChI=1S/C17H16N4O4S/c1-20-12-6-4-5-7-16(12)26-17(20)19-18-10-11-8-14(24-2)15(25-3)9-13(11)21(22)23/h4-10H,1-3H3. The Labute approximate surface area is 152 Å². The number of hydrogen-bond donors (Lipinski definition) is 0. The molecule has 134 valence electrons. The SMILES string of the molecule is COc1cc(C=NN=c2sc3ccccc3n2C)c([N+](=O)[O-])cc1OC. The number of methoxy groups -OCH3 is 2. The average molecular weight is 372 g/mol. The third-order valence-corrected chi connectivity index (χ3v) is 4.89. The first-order valence-electron chi connectivity index (χ1n) is 7.57. The molecule has 0 spiro atoms. The minimum atomic E-state index is -0.497. The molecule has 0 unspecified atom stereocenters. The highest BCUT2D eigenvalue weighted by molar-refractivity contribution is 7.16. The van der Waals surface area contributed by atoms with Gasteiger partial charge < -0.3 is 14.0 Å². The number of nitrogens with zero attached hydrogens (tertiary/aromatic N) is 4. The molecule has 0 aliphatic rings. The van der Waals surface area contributed by atoms with Gasteiger partial charge in [0.2, 0.25) is 4.80 Å². The predicted octanol–water partition coefficient (Wildman–Crippen LogP) is 3.10. The first-order valence-corrected chi connectivity index (χ1v) is 8.39. The van der Waals surface area contributed by atoms with Gasteiger partial charge in [0.1, 0.15) is 0 Å². The number of fused-ring (bicyclic) bond motifs is 1. The maximum absolute atomic E-state index is 11.3. The van der Waals surface area contributed by atoms with Crippen LogP contribution in [-0.4, -0.2) is 29.9 Å². The molecular formula is C17H16N4O4S. The fourth-order valence-corrected chi connectivity index (χ4v) is 3.44. The summed E-state index contributed by atoms with van der Waals surface area (Å²) < 4.78 is 13.3. The molecule has 26 heavy (non-hydrogen) atoms. The van der Waals surface area contributed by atoms with Crippen molar-refractivity contribution in [1.82, 2.24) is 4.57 Å². The number of benzene rings is 2. The van der Waals surface area contributed by atoms with Gasteiger partial charge in [-0.2, -0.15) is 5.10 Å². The van der Waals surface area contributed by atoms with Crippen LogP contribution in [0.2, 0.25) is 0 Å². The minimum absolute atomic E-state index is 0.137. The minimum Gasteiger partial charge on any atom is -0.493 e. The van der Waals surface area contributed by atoms with Gasteiger partial charge in [0.25, 0.3) is 5.69 Å². The zero-order valence-corrected chi connectivity index (χ0v) is 15.2. The Hall–Kier alpha value is -3.20. The van der Waals surface area contributed by atoms with Crippen molar-refractivity contribution in [2.75, 3.05) is 14.2 Å². The van der Waals surface area contributed by atoms with Gasteiger partial charge in [-0.25, -0.2) is 0 Å². The summed E-state index contributed by atoms with van der Waals surface area (Å²) in [6.07, 6.45) is 1.34. The van der Waals surface area contributed by atoms with E-state index in [1.54, 1.807) is 0 Å². The van der Waals surface area contributed by atoms with Crippen LogP contribution in [-0.2, 0) is 7.05 Å². The first kappa shape index (κ1) is 17.6. The lowest BCUT2D eigenvalue weighted by molar-refractivity contribution is -0.385. The summed E-state index contributed by atoms with van der Waals surface area (Å²) in [4.78, 5) is 11.5. The van der Waals surface area contributed by atoms with E-state index in [0.29, 0.717) is 10.6 Å². The van der Waals surface area contributed by atoms with E-state index in [1.807, 2.05) is 35.9 Å². The fourth-order valence-electron chi connectivity index (χ4n) is 2.46. The van der Waals surface area contributed by atoms with Gasteiger partial charge in [-0.1, -0.05) is 23.5 Å². The Morgan fingerprint density at radius 2 is 1.88 bits per heavy atom. The van der Waals surface area contributed by atoms with Crippen LogP contribution in [0.1, 0.15) is 5.56 Å². The van der Waals surface area contributed by atoms with Gasteiger partial charge in [-0.05, 0) is 18.2 Å². The van der Waals surface area contributed by atoms with Crippen LogP contribution in [0.5, 0.6) is 11.5 Å². The highest BCUT2D eigenvalue weighted by Gasteiger charge is 2.18. The van der Waals surface area contributed by atoms with Gasteiger partial charge in [0.15, 0.2) is 11.5 Å². The smallest absolute Gasteiger partial charge is 0.282 e. The van der Waals surface area contributed by atoms with Gasteiger partial charge in [0, 0.05) is 7.05 Å². The normalized spacial score (nSPS) is 12.0. The van der Waals surface area contributed by atoms with E-state index in [9.17, 15) is 10.1 Å². The number of aromatic nitrogens is 1. The van der Waals surface area contributed by atoms with Crippen molar-refractivity contribution in [3.63, 3.8) is 0 Å². The second kappa shape index (κ2) is 7.36. The summed E-state index contributed by atoms with van der Waals surface area (Å²) in [6, 6.07) is 10.7. The van der Waals surface area contributed by atoms with Gasteiger partial charge in [0.05, 0.1) is 47.2 Å². The van der Waals surface area contributed by atoms with Crippen molar-refractivity contribution in [3.05, 3.63) is 56.9 Å². The van der Waals surface area contributed by atoms with Crippen LogP contribution < -0.4 is 14.3 Å². The molecular weight excluding hydrogens is 356 g/mol. The van der Waals surface area contributed by atoms with Crippen molar-refractivity contribution < 1.29 is 14.4 Å². The number of thiazole rings is 1. The average Bonchev–Trinajstić information content (AvgIpc) is 2.97. The third kappa shape index (κ3) is 3.29. The number of para-hydroxylation sites is 1. The Balaban J connectivity index is 2.04. The van der Waals surface area contributed by atoms with Crippen molar-refractivity contribution in [2.24, 2.45) is 17.3 Å². The second-order valence-electron chi connectivity index (χ2n) is 5.28. The Morgan fingerprint density at radius 3 is 2.54 bits per heavy atom. The summed E-state index contributed by atoms with van der Waals surface area (Å²) in [5, 5.41) is 19.5. The molecule has 0 saturated heterocycles. The summed E-state index contributed by atoms with van der Waals surface area (Å²) >= 11 is 1.49. The maximum Gasteiger partial charge on any atom is 0.282 e. The van der Waals surface area contributed by atoms with Crippen LogP contribution in [0.15, 0.2) is 46.6 Å². The number of hydrogen-bond acceptors (Lipinski definition) is 7. The number of aryl methyl sites for hydroxylation is 1. The van der Waals surface area contributed by atoms with E-state index in [4.69, 9.17) is 9.47 Å². The Kier molecular flexibility index (Phi) is 4.99. The monoisotopic (exact) mass is 372 g/mol. The molecule has 0 aliphatic heterocycles. The van der Waals surface area contributed by atoms with E-state index >= 15 is 0 Å². The summed E-state index contributed by atoms with van der Waals surface area (Å²) in [6.45, 7) is 0. The van der Waals surface area contributed by atoms with Crippen LogP contribution in [0, 0.1) is 10.1 Å². The highest BCUT2D eigenvalue weighted by atomic mass is 32.1. The quantitative estimate of drug-likeness (QED) is 0.391. The topological polar surface area (TPSA) is 91.2 Å². The zero-order chi connectivity index (χ0) is 18.7. The number of nitro groups is 1. The molecule has 0 bridgehead atoms. The molecule has 0 saturated carbocycles. The molecule has 2 aromatic carbocycles. The lowest BCUT2D eigenvalue weighted by Crippen LogP contribution is -2.09. The molecule has 3 aromatic rings. The molecule has 0 atom stereocenters. The molecule has 3 rings (SSSR count). The Bertz CT molecular complexity index is 1070. The first-order chi connectivity index (χ1) is 12.5. The third-order valence-electron chi connectivity index (χ3n) is 3.78. The molecule has 0 radical (unpaired) electrons. The summed E-state index contributed by atoms with van der Waals surface area (Å²) in [5.74, 6) is 0.663. The zero-order valence-electron chi connectivity index (χ0n) is 14.4. The highest BCUT2D eigenvalue weighted by Crippen LogP contribution is 2.33. The van der Waals surface area contributed by atoms with E-state index in [-0.39, 0.29) is 17.0 Å². The van der Waals surface area contributed by atoms with E-state index in [1.165, 1.54) is 43.9 Å². The molecule has 1 heterocycles. The molecule has 1 aromatic heterocycles. The van der Waals surface area contributed by atoms with Crippen LogP contribution in [0.3, 0.4) is 0 Å². The van der Waals surface area contributed by atoms with Crippen LogP contribution in [0.25, 0.3) is 10.2 Å². The molecule has 9 heteroatoms. The van der Waals surface area contributed by atoms with Crippen LogP contribution >= 0.6 is 11.3 Å². The summed E-state index contributed by atoms with van der Waals surface area (Å²) in [7, 11) is 4.78.